The average Bonchev–Trinajstić information content (AvgIpc) is 3.30. The maximum Gasteiger partial charge on any atom is 0.230 e. The normalized spacial score (nSPS) is 17.2. The highest BCUT2D eigenvalue weighted by molar-refractivity contribution is 7.99. The molecule has 1 amide bonds. The van der Waals surface area contributed by atoms with Gasteiger partial charge in [0.2, 0.25) is 11.1 Å². The Morgan fingerprint density at radius 3 is 3.08 bits per heavy atom. The Kier molecular flexibility index (Phi) is 5.03. The van der Waals surface area contributed by atoms with Crippen LogP contribution >= 0.6 is 11.8 Å². The van der Waals surface area contributed by atoms with E-state index in [-0.39, 0.29) is 17.8 Å². The highest BCUT2D eigenvalue weighted by Gasteiger charge is 2.17. The summed E-state index contributed by atoms with van der Waals surface area (Å²) in [6.07, 6.45) is 2.23. The van der Waals surface area contributed by atoms with Crippen LogP contribution in [0.3, 0.4) is 0 Å². The Morgan fingerprint density at radius 1 is 1.38 bits per heavy atom. The predicted molar refractivity (Wildman–Crippen MR) is 101 cm³/mol. The molecule has 0 bridgehead atoms. The van der Waals surface area contributed by atoms with Crippen molar-refractivity contribution in [3.8, 4) is 0 Å². The number of hydrogen-bond acceptors (Lipinski definition) is 6. The van der Waals surface area contributed by atoms with E-state index in [1.54, 1.807) is 0 Å². The zero-order valence-corrected chi connectivity index (χ0v) is 15.5. The molecule has 0 unspecified atom stereocenters. The number of carbonyl (C=O) groups is 1. The fourth-order valence-electron chi connectivity index (χ4n) is 3.28. The zero-order chi connectivity index (χ0) is 17.9. The fourth-order valence-corrected chi connectivity index (χ4v) is 3.90. The van der Waals surface area contributed by atoms with Crippen LogP contribution in [0.15, 0.2) is 29.4 Å². The number of aromatic nitrogens is 4. The standard InChI is InChI=1S/C18H21N5O2S/c1-2-23-14-8-4-3-7-13(14)16-17(23)20-18(22-21-16)26-11-15(24)19-10-12-6-5-9-25-12/h3-4,7-8,12H,2,5-6,9-11H2,1H3,(H,19,24)/t12-/m1/s1. The Hall–Kier alpha value is -2.19. The Bertz CT molecular complexity index is 936. The lowest BCUT2D eigenvalue weighted by molar-refractivity contribution is -0.119. The minimum atomic E-state index is -0.0368. The van der Waals surface area contributed by atoms with Gasteiger partial charge in [0.05, 0.1) is 17.4 Å². The lowest BCUT2D eigenvalue weighted by Crippen LogP contribution is -2.32. The van der Waals surface area contributed by atoms with E-state index in [1.165, 1.54) is 11.8 Å². The number of hydrogen-bond donors (Lipinski definition) is 1. The Morgan fingerprint density at radius 2 is 2.27 bits per heavy atom. The molecule has 4 rings (SSSR count). The quantitative estimate of drug-likeness (QED) is 0.670. The van der Waals surface area contributed by atoms with Crippen LogP contribution in [0.5, 0.6) is 0 Å². The number of carbonyl (C=O) groups excluding carboxylic acids is 1. The van der Waals surface area contributed by atoms with E-state index in [0.717, 1.165) is 48.1 Å². The number of nitrogens with zero attached hydrogens (tertiary/aromatic N) is 4. The van der Waals surface area contributed by atoms with Gasteiger partial charge in [-0.1, -0.05) is 30.0 Å². The van der Waals surface area contributed by atoms with E-state index < -0.39 is 0 Å². The lowest BCUT2D eigenvalue weighted by atomic mass is 10.2. The summed E-state index contributed by atoms with van der Waals surface area (Å²) < 4.78 is 7.64. The molecule has 136 valence electrons. The van der Waals surface area contributed by atoms with Gasteiger partial charge in [-0.2, -0.15) is 0 Å². The minimum Gasteiger partial charge on any atom is -0.376 e. The van der Waals surface area contributed by atoms with Gasteiger partial charge in [-0.3, -0.25) is 4.79 Å². The molecular formula is C18H21N5O2S. The number of thioether (sulfide) groups is 1. The van der Waals surface area contributed by atoms with E-state index in [4.69, 9.17) is 4.74 Å². The second-order valence-electron chi connectivity index (χ2n) is 6.26. The summed E-state index contributed by atoms with van der Waals surface area (Å²) in [5, 5.41) is 13.0. The van der Waals surface area contributed by atoms with Crippen molar-refractivity contribution in [1.29, 1.82) is 0 Å². The molecule has 3 aromatic rings. The lowest BCUT2D eigenvalue weighted by Gasteiger charge is -2.10. The van der Waals surface area contributed by atoms with Crippen molar-refractivity contribution in [1.82, 2.24) is 25.1 Å². The van der Waals surface area contributed by atoms with Gasteiger partial charge in [-0.05, 0) is 25.8 Å². The molecule has 1 fully saturated rings. The smallest absolute Gasteiger partial charge is 0.230 e. The third-order valence-corrected chi connectivity index (χ3v) is 5.39. The van der Waals surface area contributed by atoms with Crippen molar-refractivity contribution in [3.63, 3.8) is 0 Å². The highest BCUT2D eigenvalue weighted by atomic mass is 32.2. The van der Waals surface area contributed by atoms with E-state index in [9.17, 15) is 4.79 Å². The number of benzene rings is 1. The van der Waals surface area contributed by atoms with Crippen LogP contribution < -0.4 is 5.32 Å². The summed E-state index contributed by atoms with van der Waals surface area (Å²) in [7, 11) is 0. The Labute approximate surface area is 155 Å². The molecule has 0 aliphatic carbocycles. The molecule has 1 aliphatic heterocycles. The number of para-hydroxylation sites is 1. The van der Waals surface area contributed by atoms with Crippen LogP contribution in [-0.2, 0) is 16.1 Å². The summed E-state index contributed by atoms with van der Waals surface area (Å²) in [6, 6.07) is 8.10. The largest absolute Gasteiger partial charge is 0.376 e. The molecule has 0 radical (unpaired) electrons. The third-order valence-electron chi connectivity index (χ3n) is 4.55. The first kappa shape index (κ1) is 17.2. The highest BCUT2D eigenvalue weighted by Crippen LogP contribution is 2.26. The average molecular weight is 371 g/mol. The van der Waals surface area contributed by atoms with Gasteiger partial charge in [0.15, 0.2) is 5.65 Å². The SMILES string of the molecule is CCn1c2ccccc2c2nnc(SCC(=O)NC[C@H]3CCCO3)nc21. The van der Waals surface area contributed by atoms with Crippen LogP contribution in [0.25, 0.3) is 22.1 Å². The van der Waals surface area contributed by atoms with Crippen molar-refractivity contribution in [2.24, 2.45) is 0 Å². The fraction of sp³-hybridized carbons (Fsp3) is 0.444. The molecule has 1 saturated heterocycles. The molecular weight excluding hydrogens is 350 g/mol. The first-order chi connectivity index (χ1) is 12.8. The van der Waals surface area contributed by atoms with Crippen molar-refractivity contribution >= 4 is 39.7 Å². The third kappa shape index (κ3) is 3.39. The molecule has 1 aliphatic rings. The summed E-state index contributed by atoms with van der Waals surface area (Å²) in [6.45, 7) is 4.25. The van der Waals surface area contributed by atoms with Crippen molar-refractivity contribution in [2.75, 3.05) is 18.9 Å². The number of nitrogens with one attached hydrogen (secondary N) is 1. The first-order valence-electron chi connectivity index (χ1n) is 8.89. The Balaban J connectivity index is 1.47. The second kappa shape index (κ2) is 7.59. The predicted octanol–water partition coefficient (Wildman–Crippen LogP) is 2.39. The van der Waals surface area contributed by atoms with Crippen LogP contribution in [0, 0.1) is 0 Å². The van der Waals surface area contributed by atoms with Crippen LogP contribution in [0.2, 0.25) is 0 Å². The van der Waals surface area contributed by atoms with Gasteiger partial charge in [0.1, 0.15) is 5.52 Å². The van der Waals surface area contributed by atoms with E-state index in [0.29, 0.717) is 11.7 Å². The summed E-state index contributed by atoms with van der Waals surface area (Å²) in [5.74, 6) is 0.233. The summed E-state index contributed by atoms with van der Waals surface area (Å²) in [5.41, 5.74) is 2.71. The number of aryl methyl sites for hydroxylation is 1. The van der Waals surface area contributed by atoms with Crippen molar-refractivity contribution in [2.45, 2.75) is 37.6 Å². The topological polar surface area (TPSA) is 81.9 Å². The van der Waals surface area contributed by atoms with Gasteiger partial charge >= 0.3 is 0 Å². The number of fused-ring (bicyclic) bond motifs is 3. The minimum absolute atomic E-state index is 0.0368. The van der Waals surface area contributed by atoms with E-state index in [2.05, 4.69) is 38.1 Å². The molecule has 2 aromatic heterocycles. The molecule has 3 heterocycles. The number of ether oxygens (including phenoxy) is 1. The van der Waals surface area contributed by atoms with Gasteiger partial charge in [-0.15, -0.1) is 10.2 Å². The van der Waals surface area contributed by atoms with E-state index in [1.807, 2.05) is 18.2 Å². The van der Waals surface area contributed by atoms with Crippen LogP contribution in [-0.4, -0.2) is 50.7 Å². The molecule has 7 nitrogen and oxygen atoms in total. The molecule has 26 heavy (non-hydrogen) atoms. The van der Waals surface area contributed by atoms with Gasteiger partial charge in [0.25, 0.3) is 0 Å². The van der Waals surface area contributed by atoms with Gasteiger partial charge < -0.3 is 14.6 Å². The summed E-state index contributed by atoms with van der Waals surface area (Å²) >= 11 is 1.30. The summed E-state index contributed by atoms with van der Waals surface area (Å²) in [4.78, 5) is 16.7. The molecule has 1 atom stereocenters. The molecule has 0 saturated carbocycles. The molecule has 0 spiro atoms. The maximum absolute atomic E-state index is 12.0. The van der Waals surface area contributed by atoms with Crippen molar-refractivity contribution < 1.29 is 9.53 Å². The van der Waals surface area contributed by atoms with Gasteiger partial charge in [0, 0.05) is 25.1 Å². The molecule has 1 N–H and O–H groups in total. The van der Waals surface area contributed by atoms with Crippen molar-refractivity contribution in [3.05, 3.63) is 24.3 Å². The molecule has 8 heteroatoms. The van der Waals surface area contributed by atoms with Crippen LogP contribution in [0.1, 0.15) is 19.8 Å². The van der Waals surface area contributed by atoms with Crippen LogP contribution in [0.4, 0.5) is 0 Å². The van der Waals surface area contributed by atoms with E-state index >= 15 is 0 Å². The maximum atomic E-state index is 12.0. The molecule has 1 aromatic carbocycles. The monoisotopic (exact) mass is 371 g/mol. The number of amides is 1. The number of rotatable bonds is 6. The van der Waals surface area contributed by atoms with Gasteiger partial charge in [-0.25, -0.2) is 4.98 Å². The zero-order valence-electron chi connectivity index (χ0n) is 14.6. The first-order valence-corrected chi connectivity index (χ1v) is 9.87. The second-order valence-corrected chi connectivity index (χ2v) is 7.20.